The number of pyridine rings is 1. The maximum absolute atomic E-state index is 12.5. The topological polar surface area (TPSA) is 117 Å². The number of carbonyl (C=O) groups excluding carboxylic acids is 1. The first kappa shape index (κ1) is 24.4. The lowest BCUT2D eigenvalue weighted by atomic mass is 10.00. The van der Waals surface area contributed by atoms with E-state index in [-0.39, 0.29) is 12.4 Å². The maximum Gasteiger partial charge on any atom is 0.164 e. The van der Waals surface area contributed by atoms with Crippen molar-refractivity contribution in [3.8, 4) is 18.0 Å². The Labute approximate surface area is 205 Å². The summed E-state index contributed by atoms with van der Waals surface area (Å²) in [5.41, 5.74) is 2.87. The summed E-state index contributed by atoms with van der Waals surface area (Å²) in [7, 11) is 0. The van der Waals surface area contributed by atoms with Gasteiger partial charge < -0.3 is 25.6 Å². The zero-order valence-electron chi connectivity index (χ0n) is 19.7. The molecule has 0 amide bonds. The third-order valence-electron chi connectivity index (χ3n) is 6.02. The second kappa shape index (κ2) is 12.1. The number of ketones is 1. The minimum Gasteiger partial charge on any atom is -0.396 e. The van der Waals surface area contributed by atoms with Crippen LogP contribution < -0.4 is 16.0 Å². The van der Waals surface area contributed by atoms with Gasteiger partial charge >= 0.3 is 0 Å². The number of terminal acetylenes is 1. The Hall–Kier alpha value is -3.74. The van der Waals surface area contributed by atoms with E-state index < -0.39 is 0 Å². The summed E-state index contributed by atoms with van der Waals surface area (Å²) in [4.78, 5) is 25.5. The van der Waals surface area contributed by atoms with Gasteiger partial charge in [0.1, 0.15) is 17.3 Å². The van der Waals surface area contributed by atoms with Gasteiger partial charge in [0.15, 0.2) is 5.78 Å². The van der Waals surface area contributed by atoms with E-state index in [2.05, 4.69) is 36.8 Å². The fraction of sp³-hybridized carbons (Fsp3) is 0.385. The quantitative estimate of drug-likeness (QED) is 0.191. The maximum atomic E-state index is 12.5. The predicted octanol–water partition coefficient (Wildman–Crippen LogP) is 3.14. The molecule has 4 heterocycles. The molecule has 0 aliphatic carbocycles. The van der Waals surface area contributed by atoms with Crippen molar-refractivity contribution >= 4 is 23.1 Å². The first-order chi connectivity index (χ1) is 17.2. The van der Waals surface area contributed by atoms with E-state index in [1.807, 2.05) is 29.1 Å². The first-order valence-corrected chi connectivity index (χ1v) is 12.0. The standard InChI is InChI=1S/C26H31N7O2/c1-2-21-15-30-26(17-28-21)32-25-12-22(29-14-19-6-5-9-27-13-19)23(16-31-25)33-10-8-20(18-33)24(35)7-3-4-11-34/h1,8,10,12,15-19,27,34H,3-7,9,11,13-14H2,(H2,29,30,31,32). The summed E-state index contributed by atoms with van der Waals surface area (Å²) in [6.07, 6.45) is 18.0. The summed E-state index contributed by atoms with van der Waals surface area (Å²) in [5, 5.41) is 19.2. The molecule has 0 spiro atoms. The van der Waals surface area contributed by atoms with Gasteiger partial charge in [-0.1, -0.05) is 0 Å². The molecule has 1 fully saturated rings. The number of hydrogen-bond donors (Lipinski definition) is 4. The van der Waals surface area contributed by atoms with Crippen LogP contribution in [-0.4, -0.2) is 56.6 Å². The first-order valence-electron chi connectivity index (χ1n) is 12.0. The fourth-order valence-corrected chi connectivity index (χ4v) is 4.07. The molecule has 0 saturated carbocycles. The molecule has 9 nitrogen and oxygen atoms in total. The molecular weight excluding hydrogens is 442 g/mol. The third kappa shape index (κ3) is 6.66. The molecule has 35 heavy (non-hydrogen) atoms. The molecule has 1 atom stereocenters. The highest BCUT2D eigenvalue weighted by molar-refractivity contribution is 5.96. The van der Waals surface area contributed by atoms with Gasteiger partial charge in [0.05, 0.1) is 30.0 Å². The molecule has 4 rings (SSSR count). The smallest absolute Gasteiger partial charge is 0.164 e. The second-order valence-electron chi connectivity index (χ2n) is 8.65. The van der Waals surface area contributed by atoms with Gasteiger partial charge in [0.2, 0.25) is 0 Å². The van der Waals surface area contributed by atoms with Gasteiger partial charge in [-0.3, -0.25) is 4.79 Å². The second-order valence-corrected chi connectivity index (χ2v) is 8.65. The van der Waals surface area contributed by atoms with Gasteiger partial charge in [0.25, 0.3) is 0 Å². The lowest BCUT2D eigenvalue weighted by Gasteiger charge is -2.24. The molecule has 3 aromatic heterocycles. The number of aliphatic hydroxyl groups is 1. The molecule has 1 unspecified atom stereocenters. The highest BCUT2D eigenvalue weighted by Crippen LogP contribution is 2.26. The summed E-state index contributed by atoms with van der Waals surface area (Å²) in [6, 6.07) is 3.76. The van der Waals surface area contributed by atoms with Crippen molar-refractivity contribution in [2.24, 2.45) is 5.92 Å². The molecule has 182 valence electrons. The average molecular weight is 474 g/mol. The van der Waals surface area contributed by atoms with E-state index in [0.717, 1.165) is 31.0 Å². The highest BCUT2D eigenvalue weighted by atomic mass is 16.3. The lowest BCUT2D eigenvalue weighted by molar-refractivity contribution is 0.0977. The minimum absolute atomic E-state index is 0.0697. The van der Waals surface area contributed by atoms with Crippen LogP contribution in [0.4, 0.5) is 17.3 Å². The lowest BCUT2D eigenvalue weighted by Crippen LogP contribution is -2.33. The van der Waals surface area contributed by atoms with Gasteiger partial charge in [0, 0.05) is 43.6 Å². The normalized spacial score (nSPS) is 15.4. The Bertz CT molecular complexity index is 1160. The Kier molecular flexibility index (Phi) is 8.44. The van der Waals surface area contributed by atoms with Crippen LogP contribution >= 0.6 is 0 Å². The van der Waals surface area contributed by atoms with E-state index in [4.69, 9.17) is 11.5 Å². The number of nitrogens with zero attached hydrogens (tertiary/aromatic N) is 4. The summed E-state index contributed by atoms with van der Waals surface area (Å²) in [6.45, 7) is 2.99. The predicted molar refractivity (Wildman–Crippen MR) is 136 cm³/mol. The van der Waals surface area contributed by atoms with E-state index in [9.17, 15) is 4.79 Å². The molecule has 1 saturated heterocycles. The largest absolute Gasteiger partial charge is 0.396 e. The van der Waals surface area contributed by atoms with E-state index in [0.29, 0.717) is 48.1 Å². The van der Waals surface area contributed by atoms with Gasteiger partial charge in [-0.15, -0.1) is 6.42 Å². The molecular formula is C26H31N7O2. The Morgan fingerprint density at radius 1 is 1.23 bits per heavy atom. The molecule has 3 aromatic rings. The van der Waals surface area contributed by atoms with E-state index >= 15 is 0 Å². The van der Waals surface area contributed by atoms with Gasteiger partial charge in [-0.05, 0) is 56.7 Å². The number of aromatic nitrogens is 4. The van der Waals surface area contributed by atoms with E-state index in [1.165, 1.54) is 19.0 Å². The van der Waals surface area contributed by atoms with Crippen LogP contribution in [-0.2, 0) is 0 Å². The fourth-order valence-electron chi connectivity index (χ4n) is 4.07. The number of Topliss-reactive ketones (excluding diaryl/α,β-unsaturated/α-hetero) is 1. The number of hydrogen-bond acceptors (Lipinski definition) is 8. The van der Waals surface area contributed by atoms with Crippen molar-refractivity contribution in [1.29, 1.82) is 0 Å². The minimum atomic E-state index is 0.0697. The number of nitrogens with one attached hydrogen (secondary N) is 3. The highest BCUT2D eigenvalue weighted by Gasteiger charge is 2.16. The number of aliphatic hydroxyl groups excluding tert-OH is 1. The van der Waals surface area contributed by atoms with Crippen LogP contribution in [0.3, 0.4) is 0 Å². The summed E-state index contributed by atoms with van der Waals surface area (Å²) in [5.74, 6) is 4.23. The number of unbranched alkanes of at least 4 members (excludes halogenated alkanes) is 1. The Morgan fingerprint density at radius 2 is 2.11 bits per heavy atom. The Balaban J connectivity index is 1.55. The number of carbonyl (C=O) groups is 1. The van der Waals surface area contributed by atoms with Gasteiger partial charge in [-0.2, -0.15) is 0 Å². The number of anilines is 3. The van der Waals surface area contributed by atoms with Crippen molar-refractivity contribution in [3.05, 3.63) is 54.4 Å². The monoisotopic (exact) mass is 473 g/mol. The third-order valence-corrected chi connectivity index (χ3v) is 6.02. The van der Waals surface area contributed by atoms with Crippen LogP contribution in [0.25, 0.3) is 5.69 Å². The molecule has 0 aromatic carbocycles. The SMILES string of the molecule is C#Cc1cnc(Nc2cc(NCC3CCCNC3)c(-n3ccc(C(=O)CCCCO)c3)cn2)cn1. The van der Waals surface area contributed by atoms with Crippen LogP contribution in [0.5, 0.6) is 0 Å². The zero-order chi connectivity index (χ0) is 24.5. The van der Waals surface area contributed by atoms with Crippen molar-refractivity contribution in [2.75, 3.05) is 36.9 Å². The number of rotatable bonds is 11. The summed E-state index contributed by atoms with van der Waals surface area (Å²) >= 11 is 0. The molecule has 1 aliphatic heterocycles. The van der Waals surface area contributed by atoms with Crippen molar-refractivity contribution in [2.45, 2.75) is 32.1 Å². The summed E-state index contributed by atoms with van der Waals surface area (Å²) < 4.78 is 1.92. The van der Waals surface area contributed by atoms with E-state index in [1.54, 1.807) is 12.4 Å². The van der Waals surface area contributed by atoms with Crippen LogP contribution in [0, 0.1) is 18.3 Å². The molecule has 0 radical (unpaired) electrons. The van der Waals surface area contributed by atoms with Crippen LogP contribution in [0.2, 0.25) is 0 Å². The van der Waals surface area contributed by atoms with Crippen LogP contribution in [0.15, 0.2) is 43.1 Å². The van der Waals surface area contributed by atoms with Crippen LogP contribution in [0.1, 0.15) is 48.2 Å². The molecule has 4 N–H and O–H groups in total. The zero-order valence-corrected chi connectivity index (χ0v) is 19.7. The molecule has 9 heteroatoms. The average Bonchev–Trinajstić information content (AvgIpc) is 3.39. The number of piperidine rings is 1. The van der Waals surface area contributed by atoms with Crippen molar-refractivity contribution in [3.63, 3.8) is 0 Å². The van der Waals surface area contributed by atoms with Gasteiger partial charge in [-0.25, -0.2) is 15.0 Å². The van der Waals surface area contributed by atoms with Crippen molar-refractivity contribution < 1.29 is 9.90 Å². The van der Waals surface area contributed by atoms with Crippen molar-refractivity contribution in [1.82, 2.24) is 24.8 Å². The Morgan fingerprint density at radius 3 is 2.86 bits per heavy atom. The molecule has 1 aliphatic rings. The molecule has 0 bridgehead atoms.